The van der Waals surface area contributed by atoms with Crippen molar-refractivity contribution in [3.05, 3.63) is 122 Å². The molecule has 200 valence electrons. The summed E-state index contributed by atoms with van der Waals surface area (Å²) in [4.78, 5) is 18.7. The minimum Gasteiger partial charge on any atom is -0.322 e. The molecule has 3 aromatic carbocycles. The molecule has 1 atom stereocenters. The Hall–Kier alpha value is -4.10. The SMILES string of the molecule is CC[C@H](c1nnnn1CCc1ccccc1)N(Cc1ccc(C)cc1)Cc1cc2cc(C)c(C)cc2[nH]c1=O. The van der Waals surface area contributed by atoms with Gasteiger partial charge in [0.2, 0.25) is 0 Å². The minimum absolute atomic E-state index is 0.0572. The van der Waals surface area contributed by atoms with Gasteiger partial charge in [-0.3, -0.25) is 9.69 Å². The number of tetrazole rings is 1. The number of H-pyrrole nitrogens is 1. The molecule has 5 rings (SSSR count). The number of rotatable bonds is 10. The van der Waals surface area contributed by atoms with Crippen molar-refractivity contribution < 1.29 is 0 Å². The van der Waals surface area contributed by atoms with Crippen LogP contribution in [0.4, 0.5) is 0 Å². The van der Waals surface area contributed by atoms with E-state index < -0.39 is 0 Å². The molecule has 2 aromatic heterocycles. The molecule has 2 heterocycles. The molecule has 0 amide bonds. The molecule has 5 aromatic rings. The summed E-state index contributed by atoms with van der Waals surface area (Å²) in [5.74, 6) is 0.823. The fourth-order valence-corrected chi connectivity index (χ4v) is 5.16. The third-order valence-corrected chi connectivity index (χ3v) is 7.56. The summed E-state index contributed by atoms with van der Waals surface area (Å²) in [5.41, 5.74) is 7.58. The molecule has 7 heteroatoms. The molecule has 0 radical (unpaired) electrons. The van der Waals surface area contributed by atoms with Crippen molar-refractivity contribution in [3.63, 3.8) is 0 Å². The maximum atomic E-state index is 13.3. The molecule has 0 spiro atoms. The molecule has 0 saturated heterocycles. The van der Waals surface area contributed by atoms with E-state index in [0.29, 0.717) is 19.6 Å². The maximum absolute atomic E-state index is 13.3. The van der Waals surface area contributed by atoms with Crippen molar-refractivity contribution >= 4 is 10.9 Å². The van der Waals surface area contributed by atoms with Gasteiger partial charge >= 0.3 is 0 Å². The van der Waals surface area contributed by atoms with E-state index in [1.807, 2.05) is 16.8 Å². The van der Waals surface area contributed by atoms with Crippen molar-refractivity contribution in [1.29, 1.82) is 0 Å². The number of nitrogens with one attached hydrogen (secondary N) is 1. The maximum Gasteiger partial charge on any atom is 0.252 e. The third kappa shape index (κ3) is 6.15. The Morgan fingerprint density at radius 2 is 1.64 bits per heavy atom. The summed E-state index contributed by atoms with van der Waals surface area (Å²) >= 11 is 0. The Labute approximate surface area is 229 Å². The Morgan fingerprint density at radius 1 is 0.897 bits per heavy atom. The standard InChI is InChI=1S/C32H36N6O/c1-5-30(31-34-35-36-38(31)16-15-25-9-7-6-8-10-25)37(20-26-13-11-22(2)12-14-26)21-28-19-27-17-23(3)24(4)18-29(27)33-32(28)39/h6-14,17-19,30H,5,15-16,20-21H2,1-4H3,(H,33,39)/t30-/m1/s1. The van der Waals surface area contributed by atoms with Gasteiger partial charge in [-0.2, -0.15) is 0 Å². The van der Waals surface area contributed by atoms with Crippen LogP contribution < -0.4 is 5.56 Å². The van der Waals surface area contributed by atoms with Crippen LogP contribution in [-0.2, 0) is 26.1 Å². The third-order valence-electron chi connectivity index (χ3n) is 7.56. The van der Waals surface area contributed by atoms with Crippen LogP contribution in [0.5, 0.6) is 0 Å². The molecule has 0 aliphatic rings. The van der Waals surface area contributed by atoms with E-state index in [2.05, 4.69) is 114 Å². The largest absolute Gasteiger partial charge is 0.322 e. The molecular weight excluding hydrogens is 484 g/mol. The summed E-state index contributed by atoms with van der Waals surface area (Å²) in [6, 6.07) is 25.1. The molecular formula is C32H36N6O. The quantitative estimate of drug-likeness (QED) is 0.250. The van der Waals surface area contributed by atoms with Crippen LogP contribution in [0.25, 0.3) is 10.9 Å². The van der Waals surface area contributed by atoms with Gasteiger partial charge in [0.25, 0.3) is 5.56 Å². The van der Waals surface area contributed by atoms with E-state index in [4.69, 9.17) is 0 Å². The summed E-state index contributed by atoms with van der Waals surface area (Å²) in [7, 11) is 0. The van der Waals surface area contributed by atoms with Gasteiger partial charge in [0.15, 0.2) is 5.82 Å². The highest BCUT2D eigenvalue weighted by atomic mass is 16.1. The van der Waals surface area contributed by atoms with Gasteiger partial charge < -0.3 is 4.98 Å². The van der Waals surface area contributed by atoms with Gasteiger partial charge in [0.1, 0.15) is 0 Å². The fourth-order valence-electron chi connectivity index (χ4n) is 5.16. The number of aromatic amines is 1. The van der Waals surface area contributed by atoms with Crippen molar-refractivity contribution in [2.24, 2.45) is 0 Å². The summed E-state index contributed by atoms with van der Waals surface area (Å²) in [6.07, 6.45) is 1.65. The first-order valence-corrected chi connectivity index (χ1v) is 13.6. The lowest BCUT2D eigenvalue weighted by atomic mass is 10.0. The normalized spacial score (nSPS) is 12.3. The van der Waals surface area contributed by atoms with Crippen molar-refractivity contribution in [2.75, 3.05) is 0 Å². The van der Waals surface area contributed by atoms with Crippen molar-refractivity contribution in [2.45, 2.75) is 66.2 Å². The average Bonchev–Trinajstić information content (AvgIpc) is 3.39. The zero-order valence-corrected chi connectivity index (χ0v) is 23.2. The van der Waals surface area contributed by atoms with Crippen LogP contribution in [0.3, 0.4) is 0 Å². The van der Waals surface area contributed by atoms with Crippen molar-refractivity contribution in [3.8, 4) is 0 Å². The predicted molar refractivity (Wildman–Crippen MR) is 155 cm³/mol. The van der Waals surface area contributed by atoms with Crippen LogP contribution in [0.15, 0.2) is 77.6 Å². The van der Waals surface area contributed by atoms with Gasteiger partial charge in [-0.05, 0) is 89.9 Å². The smallest absolute Gasteiger partial charge is 0.252 e. The first kappa shape index (κ1) is 26.5. The van der Waals surface area contributed by atoms with Gasteiger partial charge in [-0.25, -0.2) is 4.68 Å². The molecule has 0 saturated carbocycles. The second-order valence-corrected chi connectivity index (χ2v) is 10.5. The van der Waals surface area contributed by atoms with Gasteiger partial charge in [-0.15, -0.1) is 5.10 Å². The zero-order valence-electron chi connectivity index (χ0n) is 23.2. The zero-order chi connectivity index (χ0) is 27.4. The van der Waals surface area contributed by atoms with Crippen LogP contribution in [-0.4, -0.2) is 30.1 Å². The number of benzene rings is 3. The lowest BCUT2D eigenvalue weighted by Gasteiger charge is -2.30. The van der Waals surface area contributed by atoms with Crippen LogP contribution in [0, 0.1) is 20.8 Å². The minimum atomic E-state index is -0.0630. The number of nitrogens with zero attached hydrogens (tertiary/aromatic N) is 5. The molecule has 39 heavy (non-hydrogen) atoms. The van der Waals surface area contributed by atoms with E-state index in [0.717, 1.165) is 35.1 Å². The van der Waals surface area contributed by atoms with E-state index in [1.165, 1.54) is 27.8 Å². The molecule has 0 aliphatic heterocycles. The highest BCUT2D eigenvalue weighted by molar-refractivity contribution is 5.80. The Bertz CT molecular complexity index is 1600. The summed E-state index contributed by atoms with van der Waals surface area (Å²) in [5, 5.41) is 13.9. The lowest BCUT2D eigenvalue weighted by molar-refractivity contribution is 0.160. The van der Waals surface area contributed by atoms with E-state index in [-0.39, 0.29) is 11.6 Å². The second kappa shape index (κ2) is 11.7. The molecule has 0 aliphatic carbocycles. The predicted octanol–water partition coefficient (Wildman–Crippen LogP) is 5.84. The number of hydrogen-bond acceptors (Lipinski definition) is 5. The fraction of sp³-hybridized carbons (Fsp3) is 0.312. The summed E-state index contributed by atoms with van der Waals surface area (Å²) < 4.78 is 1.92. The van der Waals surface area contributed by atoms with E-state index in [1.54, 1.807) is 0 Å². The molecule has 0 bridgehead atoms. The number of fused-ring (bicyclic) bond motifs is 1. The lowest BCUT2D eigenvalue weighted by Crippen LogP contribution is -2.32. The highest BCUT2D eigenvalue weighted by Gasteiger charge is 2.26. The van der Waals surface area contributed by atoms with E-state index in [9.17, 15) is 4.79 Å². The number of aromatic nitrogens is 5. The Balaban J connectivity index is 1.49. The molecule has 0 fully saturated rings. The van der Waals surface area contributed by atoms with Crippen LogP contribution >= 0.6 is 0 Å². The monoisotopic (exact) mass is 520 g/mol. The van der Waals surface area contributed by atoms with Crippen LogP contribution in [0.1, 0.15) is 58.6 Å². The number of aryl methyl sites for hydroxylation is 5. The average molecular weight is 521 g/mol. The second-order valence-electron chi connectivity index (χ2n) is 10.5. The van der Waals surface area contributed by atoms with Crippen LogP contribution in [0.2, 0.25) is 0 Å². The molecule has 0 unspecified atom stereocenters. The Morgan fingerprint density at radius 3 is 2.38 bits per heavy atom. The topological polar surface area (TPSA) is 79.7 Å². The summed E-state index contributed by atoms with van der Waals surface area (Å²) in [6.45, 7) is 10.3. The highest BCUT2D eigenvalue weighted by Crippen LogP contribution is 2.27. The Kier molecular flexibility index (Phi) is 7.98. The molecule has 1 N–H and O–H groups in total. The van der Waals surface area contributed by atoms with Gasteiger partial charge in [-0.1, -0.05) is 67.1 Å². The first-order chi connectivity index (χ1) is 18.9. The van der Waals surface area contributed by atoms with Gasteiger partial charge in [0.05, 0.1) is 6.04 Å². The molecule has 7 nitrogen and oxygen atoms in total. The van der Waals surface area contributed by atoms with Crippen molar-refractivity contribution in [1.82, 2.24) is 30.1 Å². The number of hydrogen-bond donors (Lipinski definition) is 1. The van der Waals surface area contributed by atoms with E-state index >= 15 is 0 Å². The first-order valence-electron chi connectivity index (χ1n) is 13.6. The van der Waals surface area contributed by atoms with Gasteiger partial charge in [0, 0.05) is 30.7 Å². The number of pyridine rings is 1.